The first kappa shape index (κ1) is 17.5. The molecule has 7 heteroatoms. The molecule has 0 saturated carbocycles. The molecule has 1 N–H and O–H groups in total. The molecule has 27 heavy (non-hydrogen) atoms. The van der Waals surface area contributed by atoms with Crippen molar-refractivity contribution in [2.24, 2.45) is 5.92 Å². The lowest BCUT2D eigenvalue weighted by Crippen LogP contribution is -2.51. The van der Waals surface area contributed by atoms with Gasteiger partial charge in [0.2, 0.25) is 5.91 Å². The standard InChI is InChI=1S/C20H20FN3O3/c21-14-4-6-15(7-5-14)22-20(25)17-12-13-11-16(24(26)27)8-9-18(13)23-10-2-1-3-19(17)23/h4-9,11,17,19H,1-3,10,12H2,(H,22,25). The lowest BCUT2D eigenvalue weighted by molar-refractivity contribution is -0.384. The van der Waals surface area contributed by atoms with Crippen molar-refractivity contribution in [1.82, 2.24) is 0 Å². The Hall–Kier alpha value is -2.96. The van der Waals surface area contributed by atoms with Crippen molar-refractivity contribution in [2.45, 2.75) is 31.7 Å². The van der Waals surface area contributed by atoms with Gasteiger partial charge in [0.05, 0.1) is 10.8 Å². The SMILES string of the molecule is O=C(Nc1ccc(F)cc1)C1Cc2cc([N+](=O)[O-])ccc2N2CCCCC12. The van der Waals surface area contributed by atoms with Gasteiger partial charge in [-0.05, 0) is 61.6 Å². The molecule has 2 aliphatic rings. The van der Waals surface area contributed by atoms with Crippen LogP contribution in [0.25, 0.3) is 0 Å². The monoisotopic (exact) mass is 369 g/mol. The second-order valence-corrected chi connectivity index (χ2v) is 7.13. The zero-order chi connectivity index (χ0) is 19.0. The van der Waals surface area contributed by atoms with Crippen LogP contribution >= 0.6 is 0 Å². The Kier molecular flexibility index (Phi) is 4.51. The van der Waals surface area contributed by atoms with Crippen molar-refractivity contribution >= 4 is 23.0 Å². The fraction of sp³-hybridized carbons (Fsp3) is 0.350. The van der Waals surface area contributed by atoms with Crippen LogP contribution in [-0.4, -0.2) is 23.4 Å². The summed E-state index contributed by atoms with van der Waals surface area (Å²) in [5, 5.41) is 14.0. The molecule has 2 unspecified atom stereocenters. The van der Waals surface area contributed by atoms with Crippen LogP contribution in [0.15, 0.2) is 42.5 Å². The van der Waals surface area contributed by atoms with Gasteiger partial charge in [-0.1, -0.05) is 0 Å². The number of rotatable bonds is 3. The fourth-order valence-corrected chi connectivity index (χ4v) is 4.21. The van der Waals surface area contributed by atoms with Crippen LogP contribution < -0.4 is 10.2 Å². The summed E-state index contributed by atoms with van der Waals surface area (Å²) in [6, 6.07) is 10.7. The first-order valence-electron chi connectivity index (χ1n) is 9.13. The molecule has 0 bridgehead atoms. The van der Waals surface area contributed by atoms with Gasteiger partial charge in [-0.25, -0.2) is 4.39 Å². The predicted octanol–water partition coefficient (Wildman–Crippen LogP) is 3.90. The highest BCUT2D eigenvalue weighted by molar-refractivity contribution is 5.94. The van der Waals surface area contributed by atoms with Crippen LogP contribution in [0.3, 0.4) is 0 Å². The number of hydrogen-bond acceptors (Lipinski definition) is 4. The summed E-state index contributed by atoms with van der Waals surface area (Å²) in [6.07, 6.45) is 3.48. The third-order valence-corrected chi connectivity index (χ3v) is 5.49. The molecule has 2 aromatic rings. The second kappa shape index (κ2) is 6.98. The topological polar surface area (TPSA) is 75.5 Å². The first-order valence-corrected chi connectivity index (χ1v) is 9.13. The number of anilines is 2. The largest absolute Gasteiger partial charge is 0.368 e. The van der Waals surface area contributed by atoms with E-state index in [9.17, 15) is 19.3 Å². The van der Waals surface area contributed by atoms with E-state index in [0.717, 1.165) is 37.1 Å². The van der Waals surface area contributed by atoms with Crippen LogP contribution in [0.5, 0.6) is 0 Å². The lowest BCUT2D eigenvalue weighted by atomic mass is 9.80. The molecule has 1 fully saturated rings. The molecule has 4 rings (SSSR count). The molecule has 2 aromatic carbocycles. The van der Waals surface area contributed by atoms with Gasteiger partial charge in [-0.15, -0.1) is 0 Å². The molecule has 0 aromatic heterocycles. The normalized spacial score (nSPS) is 21.1. The number of carbonyl (C=O) groups is 1. The number of nitro benzene ring substituents is 1. The fourth-order valence-electron chi connectivity index (χ4n) is 4.21. The van der Waals surface area contributed by atoms with Crippen LogP contribution in [0.4, 0.5) is 21.5 Å². The molecule has 140 valence electrons. The van der Waals surface area contributed by atoms with E-state index in [1.807, 2.05) is 0 Å². The molecule has 1 amide bonds. The van der Waals surface area contributed by atoms with Gasteiger partial charge in [-0.2, -0.15) is 0 Å². The third kappa shape index (κ3) is 3.37. The lowest BCUT2D eigenvalue weighted by Gasteiger charge is -2.45. The van der Waals surface area contributed by atoms with E-state index in [-0.39, 0.29) is 29.4 Å². The quantitative estimate of drug-likeness (QED) is 0.658. The Morgan fingerprint density at radius 3 is 2.70 bits per heavy atom. The van der Waals surface area contributed by atoms with Crippen LogP contribution in [0.2, 0.25) is 0 Å². The van der Waals surface area contributed by atoms with Gasteiger partial charge in [0.25, 0.3) is 5.69 Å². The number of amides is 1. The molecule has 6 nitrogen and oxygen atoms in total. The maximum absolute atomic E-state index is 13.1. The molecular formula is C20H20FN3O3. The van der Waals surface area contributed by atoms with Crippen molar-refractivity contribution in [3.63, 3.8) is 0 Å². The molecule has 2 aliphatic heterocycles. The number of halogens is 1. The van der Waals surface area contributed by atoms with Crippen molar-refractivity contribution in [3.05, 3.63) is 64.0 Å². The summed E-state index contributed by atoms with van der Waals surface area (Å²) in [4.78, 5) is 25.9. The molecule has 0 aliphatic carbocycles. The number of nitro groups is 1. The van der Waals surface area contributed by atoms with Crippen LogP contribution in [0.1, 0.15) is 24.8 Å². The second-order valence-electron chi connectivity index (χ2n) is 7.13. The smallest absolute Gasteiger partial charge is 0.269 e. The molecule has 2 atom stereocenters. The third-order valence-electron chi connectivity index (χ3n) is 5.49. The van der Waals surface area contributed by atoms with Gasteiger partial charge >= 0.3 is 0 Å². The number of fused-ring (bicyclic) bond motifs is 3. The number of nitrogens with zero attached hydrogens (tertiary/aromatic N) is 2. The van der Waals surface area contributed by atoms with Crippen molar-refractivity contribution in [2.75, 3.05) is 16.8 Å². The summed E-state index contributed by atoms with van der Waals surface area (Å²) in [7, 11) is 0. The van der Waals surface area contributed by atoms with Gasteiger partial charge < -0.3 is 10.2 Å². The maximum Gasteiger partial charge on any atom is 0.269 e. The highest BCUT2D eigenvalue weighted by Gasteiger charge is 2.40. The van der Waals surface area contributed by atoms with Crippen molar-refractivity contribution < 1.29 is 14.1 Å². The first-order chi connectivity index (χ1) is 13.0. The van der Waals surface area contributed by atoms with Gasteiger partial charge in [-0.3, -0.25) is 14.9 Å². The van der Waals surface area contributed by atoms with E-state index >= 15 is 0 Å². The minimum absolute atomic E-state index is 0.0434. The molecule has 2 heterocycles. The predicted molar refractivity (Wildman–Crippen MR) is 100 cm³/mol. The summed E-state index contributed by atoms with van der Waals surface area (Å²) in [5.41, 5.74) is 2.42. The molecule has 1 saturated heterocycles. The number of benzene rings is 2. The zero-order valence-corrected chi connectivity index (χ0v) is 14.7. The van der Waals surface area contributed by atoms with E-state index in [2.05, 4.69) is 10.2 Å². The van der Waals surface area contributed by atoms with E-state index in [0.29, 0.717) is 12.1 Å². The van der Waals surface area contributed by atoms with Gasteiger partial charge in [0.15, 0.2) is 0 Å². The molecule has 0 spiro atoms. The van der Waals surface area contributed by atoms with Gasteiger partial charge in [0.1, 0.15) is 5.82 Å². The Bertz CT molecular complexity index is 885. The van der Waals surface area contributed by atoms with Crippen LogP contribution in [0, 0.1) is 21.8 Å². The number of non-ortho nitro benzene ring substituents is 1. The summed E-state index contributed by atoms with van der Waals surface area (Å²) in [5.74, 6) is -0.786. The minimum atomic E-state index is -0.407. The Labute approximate surface area is 156 Å². The van der Waals surface area contributed by atoms with E-state index in [1.165, 1.54) is 30.3 Å². The summed E-state index contributed by atoms with van der Waals surface area (Å²) >= 11 is 0. The summed E-state index contributed by atoms with van der Waals surface area (Å²) in [6.45, 7) is 0.843. The Balaban J connectivity index is 1.64. The average Bonchev–Trinajstić information content (AvgIpc) is 2.68. The number of nitrogens with one attached hydrogen (secondary N) is 1. The highest BCUT2D eigenvalue weighted by Crippen LogP contribution is 2.40. The number of carbonyl (C=O) groups excluding carboxylic acids is 1. The molecular weight excluding hydrogens is 349 g/mol. The maximum atomic E-state index is 13.1. The number of hydrogen-bond donors (Lipinski definition) is 1. The average molecular weight is 369 g/mol. The number of piperidine rings is 1. The summed E-state index contributed by atoms with van der Waals surface area (Å²) < 4.78 is 13.1. The van der Waals surface area contributed by atoms with E-state index in [1.54, 1.807) is 12.1 Å². The van der Waals surface area contributed by atoms with E-state index < -0.39 is 4.92 Å². The van der Waals surface area contributed by atoms with Crippen molar-refractivity contribution in [3.8, 4) is 0 Å². The van der Waals surface area contributed by atoms with E-state index in [4.69, 9.17) is 0 Å². The Morgan fingerprint density at radius 1 is 1.19 bits per heavy atom. The minimum Gasteiger partial charge on any atom is -0.368 e. The van der Waals surface area contributed by atoms with Crippen LogP contribution in [-0.2, 0) is 11.2 Å². The Morgan fingerprint density at radius 2 is 1.96 bits per heavy atom. The molecule has 0 radical (unpaired) electrons. The zero-order valence-electron chi connectivity index (χ0n) is 14.7. The van der Waals surface area contributed by atoms with Gasteiger partial charge in [0, 0.05) is 36.1 Å². The van der Waals surface area contributed by atoms with Crippen molar-refractivity contribution in [1.29, 1.82) is 0 Å². The highest BCUT2D eigenvalue weighted by atomic mass is 19.1.